The zero-order valence-corrected chi connectivity index (χ0v) is 18.2. The summed E-state index contributed by atoms with van der Waals surface area (Å²) < 4.78 is 0. The van der Waals surface area contributed by atoms with Crippen molar-refractivity contribution in [2.75, 3.05) is 18.0 Å². The molecule has 0 spiro atoms. The number of anilines is 1. The maximum absolute atomic E-state index is 13.0. The molecule has 1 saturated heterocycles. The van der Waals surface area contributed by atoms with E-state index in [1.54, 1.807) is 24.4 Å². The lowest BCUT2D eigenvalue weighted by Crippen LogP contribution is -2.40. The molecule has 3 heterocycles. The molecule has 1 saturated carbocycles. The highest BCUT2D eigenvalue weighted by Gasteiger charge is 2.40. The first kappa shape index (κ1) is 20.7. The number of nitrogens with one attached hydrogen (secondary N) is 1. The van der Waals surface area contributed by atoms with Gasteiger partial charge in [-0.2, -0.15) is 0 Å². The first-order chi connectivity index (χ1) is 15.6. The highest BCUT2D eigenvalue weighted by Crippen LogP contribution is 2.31. The zero-order chi connectivity index (χ0) is 22.1. The average molecular weight is 433 g/mol. The fraction of sp³-hybridized carbons (Fsp3) is 0.440. The van der Waals surface area contributed by atoms with E-state index in [0.717, 1.165) is 56.6 Å². The van der Waals surface area contributed by atoms with Crippen LogP contribution in [0.15, 0.2) is 36.5 Å². The van der Waals surface area contributed by atoms with Gasteiger partial charge < -0.3 is 10.2 Å². The third-order valence-corrected chi connectivity index (χ3v) is 6.81. The van der Waals surface area contributed by atoms with Crippen molar-refractivity contribution in [3.8, 4) is 0 Å². The molecule has 1 aromatic carbocycles. The van der Waals surface area contributed by atoms with Crippen molar-refractivity contribution in [3.63, 3.8) is 0 Å². The Morgan fingerprint density at radius 1 is 0.938 bits per heavy atom. The van der Waals surface area contributed by atoms with Crippen molar-refractivity contribution >= 4 is 23.5 Å². The Morgan fingerprint density at radius 3 is 2.47 bits per heavy atom. The van der Waals surface area contributed by atoms with E-state index in [4.69, 9.17) is 0 Å². The van der Waals surface area contributed by atoms with Gasteiger partial charge in [0.1, 0.15) is 5.82 Å². The number of benzene rings is 1. The number of imide groups is 1. The van der Waals surface area contributed by atoms with E-state index in [1.165, 1.54) is 17.7 Å². The van der Waals surface area contributed by atoms with Gasteiger partial charge in [-0.15, -0.1) is 0 Å². The van der Waals surface area contributed by atoms with Crippen LogP contribution in [0.4, 0.5) is 5.82 Å². The van der Waals surface area contributed by atoms with Gasteiger partial charge in [-0.1, -0.05) is 19.3 Å². The molecule has 0 unspecified atom stereocenters. The fourth-order valence-corrected chi connectivity index (χ4v) is 5.05. The van der Waals surface area contributed by atoms with Gasteiger partial charge in [0.25, 0.3) is 17.7 Å². The number of rotatable bonds is 5. The highest BCUT2D eigenvalue weighted by atomic mass is 16.2. The molecule has 2 fully saturated rings. The summed E-state index contributed by atoms with van der Waals surface area (Å²) in [5.74, 6) is 0.188. The number of carbonyl (C=O) groups is 3. The number of fused-ring (bicyclic) bond motifs is 1. The van der Waals surface area contributed by atoms with Crippen molar-refractivity contribution < 1.29 is 14.4 Å². The molecule has 0 radical (unpaired) electrons. The van der Waals surface area contributed by atoms with Crippen molar-refractivity contribution in [2.45, 2.75) is 57.5 Å². The largest absolute Gasteiger partial charge is 0.357 e. The summed E-state index contributed by atoms with van der Waals surface area (Å²) in [6, 6.07) is 8.70. The minimum Gasteiger partial charge on any atom is -0.357 e. The monoisotopic (exact) mass is 432 g/mol. The Balaban J connectivity index is 1.27. The van der Waals surface area contributed by atoms with E-state index in [9.17, 15) is 14.4 Å². The van der Waals surface area contributed by atoms with E-state index < -0.39 is 0 Å². The molecule has 7 heteroatoms. The Kier molecular flexibility index (Phi) is 5.64. The summed E-state index contributed by atoms with van der Waals surface area (Å²) in [6.07, 6.45) is 9.10. The molecule has 3 aliphatic rings. The van der Waals surface area contributed by atoms with E-state index in [1.807, 2.05) is 12.1 Å². The predicted octanol–water partition coefficient (Wildman–Crippen LogP) is 3.54. The third kappa shape index (κ3) is 3.87. The summed E-state index contributed by atoms with van der Waals surface area (Å²) in [6.45, 7) is 2.41. The number of carbonyl (C=O) groups excluding carboxylic acids is 3. The second kappa shape index (κ2) is 8.73. The lowest BCUT2D eigenvalue weighted by molar-refractivity contribution is 0.0548. The number of hydrogen-bond donors (Lipinski definition) is 1. The lowest BCUT2D eigenvalue weighted by atomic mass is 9.94. The van der Waals surface area contributed by atoms with Crippen LogP contribution in [0.25, 0.3) is 0 Å². The third-order valence-electron chi connectivity index (χ3n) is 6.81. The molecule has 1 aliphatic carbocycles. The second-order valence-electron chi connectivity index (χ2n) is 8.93. The lowest BCUT2D eigenvalue weighted by Gasteiger charge is -2.29. The quantitative estimate of drug-likeness (QED) is 0.731. The minimum absolute atomic E-state index is 0.0232. The van der Waals surface area contributed by atoms with Gasteiger partial charge in [-0.05, 0) is 61.6 Å². The number of nitrogens with zero attached hydrogens (tertiary/aromatic N) is 3. The molecule has 3 amide bonds. The van der Waals surface area contributed by atoms with Gasteiger partial charge in [0.2, 0.25) is 0 Å². The number of pyridine rings is 1. The molecule has 5 rings (SSSR count). The van der Waals surface area contributed by atoms with Crippen molar-refractivity contribution in [2.24, 2.45) is 0 Å². The Morgan fingerprint density at radius 2 is 1.69 bits per heavy atom. The first-order valence-corrected chi connectivity index (χ1v) is 11.6. The van der Waals surface area contributed by atoms with E-state index in [-0.39, 0.29) is 23.8 Å². The Bertz CT molecular complexity index is 1050. The number of amides is 3. The van der Waals surface area contributed by atoms with Crippen molar-refractivity contribution in [1.82, 2.24) is 15.2 Å². The maximum Gasteiger partial charge on any atom is 0.261 e. The maximum atomic E-state index is 13.0. The van der Waals surface area contributed by atoms with Gasteiger partial charge in [-0.25, -0.2) is 4.98 Å². The summed E-state index contributed by atoms with van der Waals surface area (Å²) in [7, 11) is 0. The summed E-state index contributed by atoms with van der Waals surface area (Å²) >= 11 is 0. The van der Waals surface area contributed by atoms with Crippen LogP contribution in [0.1, 0.15) is 81.6 Å². The Hall–Kier alpha value is -3.22. The molecule has 0 atom stereocenters. The molecule has 32 heavy (non-hydrogen) atoms. The van der Waals surface area contributed by atoms with Gasteiger partial charge >= 0.3 is 0 Å². The van der Waals surface area contributed by atoms with Crippen LogP contribution in [0, 0.1) is 0 Å². The molecule has 7 nitrogen and oxygen atoms in total. The first-order valence-electron chi connectivity index (χ1n) is 11.6. The molecule has 2 aliphatic heterocycles. The van der Waals surface area contributed by atoms with E-state index in [0.29, 0.717) is 23.2 Å². The molecular weight excluding hydrogens is 404 g/mol. The molecule has 0 bridgehead atoms. The van der Waals surface area contributed by atoms with Crippen LogP contribution in [-0.2, 0) is 6.54 Å². The van der Waals surface area contributed by atoms with Crippen LogP contribution in [0.5, 0.6) is 0 Å². The number of aromatic nitrogens is 1. The van der Waals surface area contributed by atoms with Crippen LogP contribution >= 0.6 is 0 Å². The fourth-order valence-electron chi connectivity index (χ4n) is 5.05. The number of hydrogen-bond acceptors (Lipinski definition) is 5. The average Bonchev–Trinajstić information content (AvgIpc) is 3.45. The summed E-state index contributed by atoms with van der Waals surface area (Å²) in [5, 5.41) is 2.93. The highest BCUT2D eigenvalue weighted by molar-refractivity contribution is 6.22. The van der Waals surface area contributed by atoms with Crippen LogP contribution in [0.2, 0.25) is 0 Å². The molecule has 1 N–H and O–H groups in total. The standard InChI is InChI=1S/C25H28N4O3/c30-23(27-16-17-10-11-26-22(14-17)28-12-4-5-13-28)18-8-9-20-21(15-18)25(32)29(24(20)31)19-6-2-1-3-7-19/h8-11,14-15,19H,1-7,12-13,16H2,(H,27,30). The molecule has 166 valence electrons. The van der Waals surface area contributed by atoms with Crippen LogP contribution < -0.4 is 10.2 Å². The van der Waals surface area contributed by atoms with E-state index >= 15 is 0 Å². The van der Waals surface area contributed by atoms with Gasteiger partial charge in [0.15, 0.2) is 0 Å². The minimum atomic E-state index is -0.268. The molecule has 1 aromatic heterocycles. The summed E-state index contributed by atoms with van der Waals surface area (Å²) in [5.41, 5.74) is 2.12. The smallest absolute Gasteiger partial charge is 0.261 e. The normalized spacial score (nSPS) is 18.9. The molecular formula is C25H28N4O3. The zero-order valence-electron chi connectivity index (χ0n) is 18.2. The van der Waals surface area contributed by atoms with Crippen LogP contribution in [0.3, 0.4) is 0 Å². The van der Waals surface area contributed by atoms with Gasteiger partial charge in [0, 0.05) is 37.4 Å². The van der Waals surface area contributed by atoms with Crippen LogP contribution in [-0.4, -0.2) is 46.7 Å². The van der Waals surface area contributed by atoms with Crippen molar-refractivity contribution in [1.29, 1.82) is 0 Å². The van der Waals surface area contributed by atoms with Gasteiger partial charge in [0.05, 0.1) is 11.1 Å². The molecule has 2 aromatic rings. The van der Waals surface area contributed by atoms with Gasteiger partial charge in [-0.3, -0.25) is 19.3 Å². The SMILES string of the molecule is O=C(NCc1ccnc(N2CCCC2)c1)c1ccc2c(c1)C(=O)N(C1CCCCC1)C2=O. The predicted molar refractivity (Wildman–Crippen MR) is 121 cm³/mol. The second-order valence-corrected chi connectivity index (χ2v) is 8.93. The van der Waals surface area contributed by atoms with Crippen molar-refractivity contribution in [3.05, 3.63) is 58.8 Å². The topological polar surface area (TPSA) is 82.6 Å². The Labute approximate surface area is 187 Å². The summed E-state index contributed by atoms with van der Waals surface area (Å²) in [4.78, 5) is 46.7. The van der Waals surface area contributed by atoms with E-state index in [2.05, 4.69) is 15.2 Å².